The van der Waals surface area contributed by atoms with Gasteiger partial charge in [-0.25, -0.2) is 0 Å². The first-order valence-corrected chi connectivity index (χ1v) is 6.42. The number of ether oxygens (including phenoxy) is 2. The second-order valence-electron chi connectivity index (χ2n) is 3.93. The first-order chi connectivity index (χ1) is 8.70. The molecule has 0 aromatic rings. The summed E-state index contributed by atoms with van der Waals surface area (Å²) < 4.78 is 9.93. The van der Waals surface area contributed by atoms with Crippen LogP contribution in [0, 0.1) is 0 Å². The lowest BCUT2D eigenvalue weighted by molar-refractivity contribution is -0.146. The van der Waals surface area contributed by atoms with Crippen LogP contribution in [-0.2, 0) is 19.1 Å². The van der Waals surface area contributed by atoms with Crippen LogP contribution in [0.5, 0.6) is 0 Å². The highest BCUT2D eigenvalue weighted by atomic mass is 16.5. The van der Waals surface area contributed by atoms with E-state index in [2.05, 4.69) is 0 Å². The van der Waals surface area contributed by atoms with Gasteiger partial charge in [0, 0.05) is 12.8 Å². The van der Waals surface area contributed by atoms with Crippen LogP contribution in [0.4, 0.5) is 0 Å². The molecular weight excluding hydrogens is 236 g/mol. The number of hydrogen-bond donors (Lipinski definition) is 2. The maximum atomic E-state index is 11.1. The summed E-state index contributed by atoms with van der Waals surface area (Å²) in [6.45, 7) is 1.72. The third kappa shape index (κ3) is 11.3. The smallest absolute Gasteiger partial charge is 0.305 e. The number of unbranched alkanes of at least 4 members (excludes halogenated alkanes) is 1. The number of nitrogens with two attached hydrogens (primary N) is 2. The first kappa shape index (κ1) is 16.9. The molecule has 0 saturated carbocycles. The Morgan fingerprint density at radius 2 is 1.11 bits per heavy atom. The molecule has 0 fully saturated rings. The standard InChI is InChI=1S/C12H24N2O4/c13-7-3-5-11(15)17-9-1-2-10-18-12(16)6-4-8-14/h1-10,13-14H2. The van der Waals surface area contributed by atoms with Crippen molar-refractivity contribution in [2.75, 3.05) is 26.3 Å². The zero-order chi connectivity index (χ0) is 13.6. The van der Waals surface area contributed by atoms with Gasteiger partial charge in [-0.3, -0.25) is 9.59 Å². The molecule has 0 aromatic carbocycles. The largest absolute Gasteiger partial charge is 0.466 e. The molecule has 106 valence electrons. The van der Waals surface area contributed by atoms with Gasteiger partial charge >= 0.3 is 11.9 Å². The quantitative estimate of drug-likeness (QED) is 0.410. The van der Waals surface area contributed by atoms with E-state index in [0.717, 1.165) is 0 Å². The minimum absolute atomic E-state index is 0.222. The molecule has 0 heterocycles. The summed E-state index contributed by atoms with van der Waals surface area (Å²) in [4.78, 5) is 22.2. The van der Waals surface area contributed by atoms with Gasteiger partial charge in [-0.2, -0.15) is 0 Å². The van der Waals surface area contributed by atoms with E-state index < -0.39 is 0 Å². The van der Waals surface area contributed by atoms with Crippen LogP contribution >= 0.6 is 0 Å². The summed E-state index contributed by atoms with van der Waals surface area (Å²) in [5, 5.41) is 0. The topological polar surface area (TPSA) is 105 Å². The molecule has 0 saturated heterocycles. The van der Waals surface area contributed by atoms with Crippen molar-refractivity contribution < 1.29 is 19.1 Å². The van der Waals surface area contributed by atoms with Crippen molar-refractivity contribution in [3.8, 4) is 0 Å². The van der Waals surface area contributed by atoms with Gasteiger partial charge in [0.1, 0.15) is 0 Å². The van der Waals surface area contributed by atoms with Gasteiger partial charge in [-0.05, 0) is 38.8 Å². The Hall–Kier alpha value is -1.14. The van der Waals surface area contributed by atoms with Gasteiger partial charge in [0.2, 0.25) is 0 Å². The van der Waals surface area contributed by atoms with Crippen molar-refractivity contribution in [3.05, 3.63) is 0 Å². The highest BCUT2D eigenvalue weighted by Crippen LogP contribution is 1.97. The van der Waals surface area contributed by atoms with Crippen LogP contribution in [-0.4, -0.2) is 38.2 Å². The third-order valence-corrected chi connectivity index (χ3v) is 2.23. The van der Waals surface area contributed by atoms with Gasteiger partial charge in [-0.15, -0.1) is 0 Å². The maximum Gasteiger partial charge on any atom is 0.305 e. The average molecular weight is 260 g/mol. The van der Waals surface area contributed by atoms with E-state index in [1.807, 2.05) is 0 Å². The molecule has 0 atom stereocenters. The molecule has 0 amide bonds. The van der Waals surface area contributed by atoms with Crippen LogP contribution < -0.4 is 11.5 Å². The van der Waals surface area contributed by atoms with E-state index >= 15 is 0 Å². The number of carbonyl (C=O) groups is 2. The third-order valence-electron chi connectivity index (χ3n) is 2.23. The Morgan fingerprint density at radius 3 is 1.44 bits per heavy atom. The van der Waals surface area contributed by atoms with Crippen LogP contribution in [0.15, 0.2) is 0 Å². The minimum atomic E-state index is -0.222. The van der Waals surface area contributed by atoms with Crippen LogP contribution in [0.1, 0.15) is 38.5 Å². The van der Waals surface area contributed by atoms with Crippen molar-refractivity contribution in [2.24, 2.45) is 11.5 Å². The normalized spacial score (nSPS) is 10.1. The molecule has 4 N–H and O–H groups in total. The van der Waals surface area contributed by atoms with Gasteiger partial charge in [0.15, 0.2) is 0 Å². The second-order valence-corrected chi connectivity index (χ2v) is 3.93. The van der Waals surface area contributed by atoms with Gasteiger partial charge < -0.3 is 20.9 Å². The van der Waals surface area contributed by atoms with Gasteiger partial charge in [0.05, 0.1) is 13.2 Å². The number of esters is 2. The van der Waals surface area contributed by atoms with Crippen LogP contribution in [0.2, 0.25) is 0 Å². The predicted molar refractivity (Wildman–Crippen MR) is 67.7 cm³/mol. The lowest BCUT2D eigenvalue weighted by Crippen LogP contribution is -2.11. The molecule has 0 spiro atoms. The molecule has 0 rings (SSSR count). The lowest BCUT2D eigenvalue weighted by Gasteiger charge is -2.05. The molecule has 6 nitrogen and oxygen atoms in total. The summed E-state index contributed by atoms with van der Waals surface area (Å²) in [6, 6.07) is 0. The molecule has 0 bridgehead atoms. The molecule has 0 radical (unpaired) electrons. The number of carbonyl (C=O) groups excluding carboxylic acids is 2. The summed E-state index contributed by atoms with van der Waals surface area (Å²) in [5.74, 6) is -0.444. The fourth-order valence-corrected chi connectivity index (χ4v) is 1.21. The zero-order valence-corrected chi connectivity index (χ0v) is 10.9. The van der Waals surface area contributed by atoms with E-state index in [1.54, 1.807) is 0 Å². The highest BCUT2D eigenvalue weighted by molar-refractivity contribution is 5.69. The van der Waals surface area contributed by atoms with Gasteiger partial charge in [-0.1, -0.05) is 0 Å². The van der Waals surface area contributed by atoms with E-state index in [4.69, 9.17) is 20.9 Å². The molecule has 0 aromatic heterocycles. The van der Waals surface area contributed by atoms with Crippen LogP contribution in [0.25, 0.3) is 0 Å². The Balaban J connectivity index is 3.25. The zero-order valence-electron chi connectivity index (χ0n) is 10.9. The van der Waals surface area contributed by atoms with Crippen molar-refractivity contribution >= 4 is 11.9 Å². The van der Waals surface area contributed by atoms with Gasteiger partial charge in [0.25, 0.3) is 0 Å². The number of rotatable bonds is 11. The molecule has 18 heavy (non-hydrogen) atoms. The van der Waals surface area contributed by atoms with Crippen molar-refractivity contribution in [1.82, 2.24) is 0 Å². The fourth-order valence-electron chi connectivity index (χ4n) is 1.21. The van der Waals surface area contributed by atoms with Crippen molar-refractivity contribution in [3.63, 3.8) is 0 Å². The summed E-state index contributed by atoms with van der Waals surface area (Å²) in [7, 11) is 0. The molecular formula is C12H24N2O4. The van der Waals surface area contributed by atoms with E-state index in [0.29, 0.717) is 64.8 Å². The SMILES string of the molecule is NCCCC(=O)OCCCCOC(=O)CCCN. The van der Waals surface area contributed by atoms with Crippen LogP contribution in [0.3, 0.4) is 0 Å². The molecule has 0 aliphatic carbocycles. The minimum Gasteiger partial charge on any atom is -0.466 e. The van der Waals surface area contributed by atoms with Crippen molar-refractivity contribution in [2.45, 2.75) is 38.5 Å². The second kappa shape index (κ2) is 12.3. The fraction of sp³-hybridized carbons (Fsp3) is 0.833. The Morgan fingerprint density at radius 1 is 0.722 bits per heavy atom. The van der Waals surface area contributed by atoms with Crippen molar-refractivity contribution in [1.29, 1.82) is 0 Å². The molecule has 6 heteroatoms. The predicted octanol–water partition coefficient (Wildman–Crippen LogP) is 0.331. The summed E-state index contributed by atoms with van der Waals surface area (Å²) in [6.07, 6.45) is 3.42. The highest BCUT2D eigenvalue weighted by Gasteiger charge is 2.03. The first-order valence-electron chi connectivity index (χ1n) is 6.42. The average Bonchev–Trinajstić information content (AvgIpc) is 2.37. The summed E-state index contributed by atoms with van der Waals surface area (Å²) >= 11 is 0. The molecule has 0 aliphatic rings. The maximum absolute atomic E-state index is 11.1. The monoisotopic (exact) mass is 260 g/mol. The number of hydrogen-bond acceptors (Lipinski definition) is 6. The van der Waals surface area contributed by atoms with E-state index in [-0.39, 0.29) is 11.9 Å². The Bertz CT molecular complexity index is 210. The van der Waals surface area contributed by atoms with E-state index in [9.17, 15) is 9.59 Å². The molecule has 0 aliphatic heterocycles. The lowest BCUT2D eigenvalue weighted by atomic mass is 10.3. The Kier molecular flexibility index (Phi) is 11.5. The summed E-state index contributed by atoms with van der Waals surface area (Å²) in [5.41, 5.74) is 10.5. The Labute approximate surface area is 108 Å². The van der Waals surface area contributed by atoms with E-state index in [1.165, 1.54) is 0 Å². The molecule has 0 unspecified atom stereocenters.